The molecule has 5 rings (SSSR count). The van der Waals surface area contributed by atoms with Gasteiger partial charge in [-0.3, -0.25) is 4.79 Å². The summed E-state index contributed by atoms with van der Waals surface area (Å²) >= 11 is 0. The number of rotatable bonds is 5. The quantitative estimate of drug-likeness (QED) is 0.782. The van der Waals surface area contributed by atoms with Crippen LogP contribution in [-0.2, 0) is 10.0 Å². The fourth-order valence-electron chi connectivity index (χ4n) is 3.77. The van der Waals surface area contributed by atoms with Crippen molar-refractivity contribution >= 4 is 21.6 Å². The Bertz CT molecular complexity index is 1050. The molecule has 7 nitrogen and oxygen atoms in total. The minimum atomic E-state index is -3.53. The third-order valence-corrected chi connectivity index (χ3v) is 7.02. The first-order valence-electron chi connectivity index (χ1n) is 9.88. The van der Waals surface area contributed by atoms with Gasteiger partial charge in [-0.15, -0.1) is 0 Å². The van der Waals surface area contributed by atoms with Crippen molar-refractivity contribution in [3.8, 4) is 11.5 Å². The van der Waals surface area contributed by atoms with Crippen molar-refractivity contribution in [3.05, 3.63) is 48.0 Å². The first-order chi connectivity index (χ1) is 13.9. The average molecular weight is 414 g/mol. The Morgan fingerprint density at radius 2 is 1.66 bits per heavy atom. The van der Waals surface area contributed by atoms with E-state index in [2.05, 4.69) is 10.0 Å². The Balaban J connectivity index is 1.27. The van der Waals surface area contributed by atoms with Gasteiger partial charge >= 0.3 is 0 Å². The third kappa shape index (κ3) is 3.70. The second kappa shape index (κ2) is 6.74. The van der Waals surface area contributed by atoms with Gasteiger partial charge < -0.3 is 14.8 Å². The number of ether oxygens (including phenoxy) is 2. The summed E-state index contributed by atoms with van der Waals surface area (Å²) in [7, 11) is -3.53. The van der Waals surface area contributed by atoms with Gasteiger partial charge in [0.1, 0.15) is 0 Å². The van der Waals surface area contributed by atoms with Gasteiger partial charge in [0.25, 0.3) is 11.7 Å². The van der Waals surface area contributed by atoms with Crippen LogP contribution in [0.2, 0.25) is 0 Å². The maximum Gasteiger partial charge on any atom is 0.255 e. The number of sulfonamides is 1. The molecule has 1 aliphatic heterocycles. The van der Waals surface area contributed by atoms with Gasteiger partial charge in [-0.05, 0) is 62.1 Å². The van der Waals surface area contributed by atoms with Crippen LogP contribution in [0.4, 0.5) is 5.69 Å². The van der Waals surface area contributed by atoms with Crippen molar-refractivity contribution < 1.29 is 22.7 Å². The van der Waals surface area contributed by atoms with Crippen LogP contribution in [0.3, 0.4) is 0 Å². The normalized spacial score (nSPS) is 19.4. The summed E-state index contributed by atoms with van der Waals surface area (Å²) in [5.74, 6) is 0.472. The van der Waals surface area contributed by atoms with E-state index in [-0.39, 0.29) is 16.8 Å². The van der Waals surface area contributed by atoms with E-state index in [1.165, 1.54) is 24.3 Å². The van der Waals surface area contributed by atoms with Gasteiger partial charge in [-0.25, -0.2) is 13.1 Å². The molecule has 2 aromatic rings. The van der Waals surface area contributed by atoms with Gasteiger partial charge in [0.15, 0.2) is 11.5 Å². The van der Waals surface area contributed by atoms with Gasteiger partial charge in [-0.1, -0.05) is 0 Å². The Hall–Kier alpha value is -2.58. The molecule has 2 aliphatic carbocycles. The zero-order valence-electron chi connectivity index (χ0n) is 15.8. The second-order valence-electron chi connectivity index (χ2n) is 7.86. The molecule has 1 spiro atoms. The van der Waals surface area contributed by atoms with E-state index in [4.69, 9.17) is 9.47 Å². The molecule has 2 aromatic carbocycles. The Labute approximate surface area is 169 Å². The molecule has 0 atom stereocenters. The number of hydrogen-bond donors (Lipinski definition) is 2. The van der Waals surface area contributed by atoms with Crippen LogP contribution in [0.1, 0.15) is 48.9 Å². The number of nitrogens with one attached hydrogen (secondary N) is 2. The standard InChI is InChI=1S/C21H22N2O5S/c24-20(14-3-8-17(9-4-14)29(25,26)23-15-5-6-15)22-16-7-10-18-19(13-16)28-21(27-18)11-1-2-12-21/h3-4,7-10,13,15,23H,1-2,5-6,11-12H2,(H,22,24). The summed E-state index contributed by atoms with van der Waals surface area (Å²) in [6.45, 7) is 0. The molecule has 0 radical (unpaired) electrons. The molecule has 0 bridgehead atoms. The monoisotopic (exact) mass is 414 g/mol. The highest BCUT2D eigenvalue weighted by Crippen LogP contribution is 2.47. The number of amides is 1. The molecular formula is C21H22N2O5S. The molecule has 0 aromatic heterocycles. The van der Waals surface area contributed by atoms with Crippen LogP contribution >= 0.6 is 0 Å². The second-order valence-corrected chi connectivity index (χ2v) is 9.57. The SMILES string of the molecule is O=C(Nc1ccc2c(c1)OC1(CCCC1)O2)c1ccc(S(=O)(=O)NC2CC2)cc1. The molecule has 8 heteroatoms. The molecule has 29 heavy (non-hydrogen) atoms. The molecule has 2 N–H and O–H groups in total. The van der Waals surface area contributed by atoms with Crippen LogP contribution in [-0.4, -0.2) is 26.2 Å². The first-order valence-corrected chi connectivity index (χ1v) is 11.4. The number of anilines is 1. The summed E-state index contributed by atoms with van der Waals surface area (Å²) in [6.07, 6.45) is 5.65. The summed E-state index contributed by atoms with van der Waals surface area (Å²) in [5.41, 5.74) is 0.972. The molecule has 3 aliphatic rings. The van der Waals surface area contributed by atoms with Crippen LogP contribution in [0.15, 0.2) is 47.4 Å². The summed E-state index contributed by atoms with van der Waals surface area (Å²) in [4.78, 5) is 12.7. The van der Waals surface area contributed by atoms with Crippen molar-refractivity contribution in [1.82, 2.24) is 4.72 Å². The highest BCUT2D eigenvalue weighted by molar-refractivity contribution is 7.89. The minimum Gasteiger partial charge on any atom is -0.448 e. The topological polar surface area (TPSA) is 93.7 Å². The lowest BCUT2D eigenvalue weighted by atomic mass is 10.2. The highest BCUT2D eigenvalue weighted by Gasteiger charge is 2.44. The van der Waals surface area contributed by atoms with E-state index in [0.717, 1.165) is 38.5 Å². The van der Waals surface area contributed by atoms with Gasteiger partial charge in [-0.2, -0.15) is 0 Å². The lowest BCUT2D eigenvalue weighted by Crippen LogP contribution is -2.34. The van der Waals surface area contributed by atoms with Crippen molar-refractivity contribution in [3.63, 3.8) is 0 Å². The van der Waals surface area contributed by atoms with Crippen LogP contribution in [0.5, 0.6) is 11.5 Å². The fraction of sp³-hybridized carbons (Fsp3) is 0.381. The van der Waals surface area contributed by atoms with Crippen LogP contribution in [0.25, 0.3) is 0 Å². The van der Waals surface area contributed by atoms with Crippen molar-refractivity contribution in [2.75, 3.05) is 5.32 Å². The highest BCUT2D eigenvalue weighted by atomic mass is 32.2. The molecule has 0 saturated heterocycles. The Morgan fingerprint density at radius 1 is 0.966 bits per heavy atom. The van der Waals surface area contributed by atoms with E-state index < -0.39 is 15.8 Å². The predicted octanol–water partition coefficient (Wildman–Crippen LogP) is 3.42. The van der Waals surface area contributed by atoms with Gasteiger partial charge in [0.05, 0.1) is 4.90 Å². The molecule has 2 saturated carbocycles. The molecule has 0 unspecified atom stereocenters. The number of benzene rings is 2. The number of carbonyl (C=O) groups excluding carboxylic acids is 1. The molecule has 1 amide bonds. The number of fused-ring (bicyclic) bond motifs is 1. The molecule has 152 valence electrons. The minimum absolute atomic E-state index is 0.0392. The maximum absolute atomic E-state index is 12.6. The fourth-order valence-corrected chi connectivity index (χ4v) is 5.07. The molecule has 2 fully saturated rings. The Morgan fingerprint density at radius 3 is 2.34 bits per heavy atom. The average Bonchev–Trinajstić information content (AvgIpc) is 3.26. The summed E-state index contributed by atoms with van der Waals surface area (Å²) < 4.78 is 39.1. The predicted molar refractivity (Wildman–Crippen MR) is 107 cm³/mol. The maximum atomic E-state index is 12.6. The zero-order valence-corrected chi connectivity index (χ0v) is 16.6. The number of hydrogen-bond acceptors (Lipinski definition) is 5. The van der Waals surface area contributed by atoms with E-state index in [1.807, 2.05) is 0 Å². The van der Waals surface area contributed by atoms with E-state index in [0.29, 0.717) is 22.7 Å². The molecular weight excluding hydrogens is 392 g/mol. The van der Waals surface area contributed by atoms with Crippen molar-refractivity contribution in [1.29, 1.82) is 0 Å². The third-order valence-electron chi connectivity index (χ3n) is 5.48. The summed E-state index contributed by atoms with van der Waals surface area (Å²) in [6, 6.07) is 11.3. The van der Waals surface area contributed by atoms with Crippen LogP contribution in [0, 0.1) is 0 Å². The smallest absolute Gasteiger partial charge is 0.255 e. The largest absolute Gasteiger partial charge is 0.448 e. The zero-order chi connectivity index (χ0) is 20.1. The van der Waals surface area contributed by atoms with Crippen molar-refractivity contribution in [2.24, 2.45) is 0 Å². The lowest BCUT2D eigenvalue weighted by Gasteiger charge is -2.21. The van der Waals surface area contributed by atoms with E-state index >= 15 is 0 Å². The van der Waals surface area contributed by atoms with Crippen molar-refractivity contribution in [2.45, 2.75) is 55.2 Å². The van der Waals surface area contributed by atoms with E-state index in [1.54, 1.807) is 18.2 Å². The first kappa shape index (κ1) is 18.4. The van der Waals surface area contributed by atoms with Gasteiger partial charge in [0.2, 0.25) is 10.0 Å². The molecule has 1 heterocycles. The Kier molecular flexibility index (Phi) is 4.29. The number of carbonyl (C=O) groups is 1. The summed E-state index contributed by atoms with van der Waals surface area (Å²) in [5, 5.41) is 2.83. The van der Waals surface area contributed by atoms with Crippen LogP contribution < -0.4 is 19.5 Å². The lowest BCUT2D eigenvalue weighted by molar-refractivity contribution is -0.0716. The van der Waals surface area contributed by atoms with E-state index in [9.17, 15) is 13.2 Å². The van der Waals surface area contributed by atoms with Gasteiger partial charge in [0, 0.05) is 36.2 Å².